The highest BCUT2D eigenvalue weighted by Crippen LogP contribution is 2.23. The Kier molecular flexibility index (Phi) is 8.62. The number of methoxy groups -OCH3 is 2. The third-order valence-electron chi connectivity index (χ3n) is 4.77. The van der Waals surface area contributed by atoms with Crippen LogP contribution in [0.1, 0.15) is 11.1 Å². The molecular weight excluding hydrogens is 468 g/mol. The lowest BCUT2D eigenvalue weighted by atomic mass is 10.0. The van der Waals surface area contributed by atoms with Crippen molar-refractivity contribution in [3.8, 4) is 5.75 Å². The minimum Gasteiger partial charge on any atom is -0.497 e. The molecule has 31 heavy (non-hydrogen) atoms. The summed E-state index contributed by atoms with van der Waals surface area (Å²) in [6.07, 6.45) is -0.615. The monoisotopic (exact) mass is 492 g/mol. The van der Waals surface area contributed by atoms with Crippen molar-refractivity contribution in [2.24, 2.45) is 0 Å². The predicted octanol–water partition coefficient (Wildman–Crippen LogP) is 3.33. The first-order valence-electron chi connectivity index (χ1n) is 9.71. The largest absolute Gasteiger partial charge is 0.497 e. The van der Waals surface area contributed by atoms with E-state index in [0.717, 1.165) is 21.3 Å². The minimum absolute atomic E-state index is 0.0410. The van der Waals surface area contributed by atoms with Crippen molar-refractivity contribution >= 4 is 28.0 Å². The quantitative estimate of drug-likeness (QED) is 0.446. The van der Waals surface area contributed by atoms with Crippen LogP contribution in [-0.4, -0.2) is 56.5 Å². The molecule has 1 aliphatic rings. The van der Waals surface area contributed by atoms with Crippen LogP contribution in [0.25, 0.3) is 6.08 Å². The molecule has 3 rings (SSSR count). The van der Waals surface area contributed by atoms with Gasteiger partial charge in [-0.2, -0.15) is 0 Å². The Morgan fingerprint density at radius 2 is 2.00 bits per heavy atom. The Labute approximate surface area is 189 Å². The van der Waals surface area contributed by atoms with Crippen molar-refractivity contribution in [3.05, 3.63) is 70.2 Å². The molecule has 8 heteroatoms. The summed E-state index contributed by atoms with van der Waals surface area (Å²) in [6.45, 7) is 0.253. The van der Waals surface area contributed by atoms with Gasteiger partial charge in [-0.25, -0.2) is 4.79 Å². The Hall–Kier alpha value is -2.23. The smallest absolute Gasteiger partial charge is 0.331 e. The molecule has 0 bridgehead atoms. The molecule has 0 saturated carbocycles. The highest BCUT2D eigenvalue weighted by molar-refractivity contribution is 9.10. The summed E-state index contributed by atoms with van der Waals surface area (Å²) in [4.78, 5) is 12.4. The van der Waals surface area contributed by atoms with Crippen LogP contribution in [0.3, 0.4) is 0 Å². The summed E-state index contributed by atoms with van der Waals surface area (Å²) in [6, 6.07) is 14.9. The van der Waals surface area contributed by atoms with E-state index in [4.69, 9.17) is 23.7 Å². The zero-order valence-electron chi connectivity index (χ0n) is 17.3. The van der Waals surface area contributed by atoms with Crippen LogP contribution in [-0.2, 0) is 30.3 Å². The Balaban J connectivity index is 1.65. The Morgan fingerprint density at radius 3 is 2.68 bits per heavy atom. The fourth-order valence-electron chi connectivity index (χ4n) is 3.15. The van der Waals surface area contributed by atoms with Crippen molar-refractivity contribution in [1.29, 1.82) is 0 Å². The van der Waals surface area contributed by atoms with Gasteiger partial charge >= 0.3 is 5.97 Å². The molecular formula is C23H25BrO7. The Bertz CT molecular complexity index is 884. The lowest BCUT2D eigenvalue weighted by Gasteiger charge is -2.38. The van der Waals surface area contributed by atoms with Crippen LogP contribution in [0.5, 0.6) is 5.75 Å². The van der Waals surface area contributed by atoms with Gasteiger partial charge in [-0.05, 0) is 41.5 Å². The van der Waals surface area contributed by atoms with Crippen LogP contribution in [0.2, 0.25) is 0 Å². The van der Waals surface area contributed by atoms with Gasteiger partial charge in [-0.15, -0.1) is 0 Å². The third kappa shape index (κ3) is 6.62. The summed E-state index contributed by atoms with van der Waals surface area (Å²) in [5.41, 5.74) is 1.73. The van der Waals surface area contributed by atoms with E-state index in [9.17, 15) is 9.90 Å². The van der Waals surface area contributed by atoms with E-state index in [-0.39, 0.29) is 13.2 Å². The van der Waals surface area contributed by atoms with Crippen LogP contribution in [0.15, 0.2) is 59.1 Å². The van der Waals surface area contributed by atoms with Crippen molar-refractivity contribution in [1.82, 2.24) is 0 Å². The predicted molar refractivity (Wildman–Crippen MR) is 117 cm³/mol. The maximum absolute atomic E-state index is 12.4. The molecule has 4 atom stereocenters. The van der Waals surface area contributed by atoms with Crippen molar-refractivity contribution in [2.45, 2.75) is 31.2 Å². The second kappa shape index (κ2) is 11.4. The zero-order valence-corrected chi connectivity index (χ0v) is 18.9. The molecule has 0 spiro atoms. The van der Waals surface area contributed by atoms with E-state index in [0.29, 0.717) is 0 Å². The van der Waals surface area contributed by atoms with Crippen LogP contribution >= 0.6 is 15.9 Å². The van der Waals surface area contributed by atoms with Gasteiger partial charge in [-0.1, -0.05) is 40.2 Å². The molecule has 0 radical (unpaired) electrons. The maximum Gasteiger partial charge on any atom is 0.331 e. The van der Waals surface area contributed by atoms with Gasteiger partial charge in [0, 0.05) is 17.7 Å². The second-order valence-corrected chi connectivity index (χ2v) is 7.83. The standard InChI is InChI=1S/C23H25BrO7/c1-27-18-9-6-16(7-10-18)13-29-22-19(14-30-23(28-2)21(22)26)31-20(25)11-8-15-4-3-5-17(24)12-15/h3-12,19,21-23,26H,13-14H2,1-2H3/b11-8+/t19-,21-,22+,23-/m1/s1. The van der Waals surface area contributed by atoms with Crippen molar-refractivity contribution < 1.29 is 33.6 Å². The van der Waals surface area contributed by atoms with Gasteiger partial charge in [0.05, 0.1) is 20.3 Å². The highest BCUT2D eigenvalue weighted by Gasteiger charge is 2.42. The average molecular weight is 493 g/mol. The molecule has 2 aromatic rings. The minimum atomic E-state index is -1.12. The van der Waals surface area contributed by atoms with Gasteiger partial charge in [-0.3, -0.25) is 0 Å². The van der Waals surface area contributed by atoms with Crippen LogP contribution in [0, 0.1) is 0 Å². The lowest BCUT2D eigenvalue weighted by Crippen LogP contribution is -2.55. The van der Waals surface area contributed by atoms with Gasteiger partial charge in [0.25, 0.3) is 0 Å². The topological polar surface area (TPSA) is 83.5 Å². The van der Waals surface area contributed by atoms with Crippen LogP contribution < -0.4 is 4.74 Å². The van der Waals surface area contributed by atoms with E-state index in [1.54, 1.807) is 13.2 Å². The second-order valence-electron chi connectivity index (χ2n) is 6.92. The molecule has 1 N–H and O–H groups in total. The summed E-state index contributed by atoms with van der Waals surface area (Å²) in [5, 5.41) is 10.6. The van der Waals surface area contributed by atoms with E-state index in [1.807, 2.05) is 48.5 Å². The Morgan fingerprint density at radius 1 is 1.23 bits per heavy atom. The lowest BCUT2D eigenvalue weighted by molar-refractivity contribution is -0.275. The SMILES string of the molecule is COc1ccc(CO[C@@H]2[C@@H](O)[C@H](OC)OC[C@H]2OC(=O)/C=C/c2cccc(Br)c2)cc1. The summed E-state index contributed by atoms with van der Waals surface area (Å²) in [7, 11) is 3.03. The molecule has 0 unspecified atom stereocenters. The molecule has 0 aromatic heterocycles. The average Bonchev–Trinajstić information content (AvgIpc) is 2.78. The molecule has 1 saturated heterocycles. The first-order chi connectivity index (χ1) is 15.0. The van der Waals surface area contributed by atoms with Gasteiger partial charge in [0.2, 0.25) is 0 Å². The number of esters is 1. The number of carbonyl (C=O) groups excluding carboxylic acids is 1. The molecule has 7 nitrogen and oxygen atoms in total. The fourth-order valence-corrected chi connectivity index (χ4v) is 3.57. The van der Waals surface area contributed by atoms with Gasteiger partial charge < -0.3 is 28.8 Å². The highest BCUT2D eigenvalue weighted by atomic mass is 79.9. The molecule has 1 aliphatic heterocycles. The van der Waals surface area contributed by atoms with E-state index in [2.05, 4.69) is 15.9 Å². The first kappa shape index (κ1) is 23.4. The maximum atomic E-state index is 12.4. The number of aliphatic hydroxyl groups is 1. The molecule has 2 aromatic carbocycles. The number of aliphatic hydroxyl groups excluding tert-OH is 1. The zero-order chi connectivity index (χ0) is 22.2. The summed E-state index contributed by atoms with van der Waals surface area (Å²) >= 11 is 3.39. The normalized spacial score (nSPS) is 23.6. The molecule has 0 amide bonds. The number of halogens is 1. The summed E-state index contributed by atoms with van der Waals surface area (Å²) in [5.74, 6) is 0.174. The molecule has 0 aliphatic carbocycles. The van der Waals surface area contributed by atoms with Crippen LogP contribution in [0.4, 0.5) is 0 Å². The van der Waals surface area contributed by atoms with Gasteiger partial charge in [0.15, 0.2) is 12.4 Å². The van der Waals surface area contributed by atoms with Crippen molar-refractivity contribution in [2.75, 3.05) is 20.8 Å². The van der Waals surface area contributed by atoms with E-state index >= 15 is 0 Å². The third-order valence-corrected chi connectivity index (χ3v) is 5.26. The number of hydrogen-bond donors (Lipinski definition) is 1. The summed E-state index contributed by atoms with van der Waals surface area (Å²) < 4.78 is 28.1. The van der Waals surface area contributed by atoms with Gasteiger partial charge in [0.1, 0.15) is 18.0 Å². The number of rotatable bonds is 8. The first-order valence-corrected chi connectivity index (χ1v) is 10.5. The number of ether oxygens (including phenoxy) is 5. The molecule has 1 fully saturated rings. The molecule has 1 heterocycles. The van der Waals surface area contributed by atoms with Crippen molar-refractivity contribution in [3.63, 3.8) is 0 Å². The number of benzene rings is 2. The number of carbonyl (C=O) groups is 1. The fraction of sp³-hybridized carbons (Fsp3) is 0.348. The molecule has 166 valence electrons. The number of hydrogen-bond acceptors (Lipinski definition) is 7. The van der Waals surface area contributed by atoms with E-state index in [1.165, 1.54) is 13.2 Å². The van der Waals surface area contributed by atoms with E-state index < -0.39 is 30.6 Å².